The van der Waals surface area contributed by atoms with E-state index < -0.39 is 7.14 Å². The molecule has 4 rings (SSSR count). The van der Waals surface area contributed by atoms with Crippen LogP contribution in [0.15, 0.2) is 97.1 Å². The minimum absolute atomic E-state index is 0.585. The Balaban J connectivity index is 2.11. The van der Waals surface area contributed by atoms with E-state index in [0.29, 0.717) is 27.9 Å². The molecule has 0 radical (unpaired) electrons. The van der Waals surface area contributed by atoms with Crippen LogP contribution in [0.3, 0.4) is 0 Å². The summed E-state index contributed by atoms with van der Waals surface area (Å²) in [4.78, 5) is 0. The average molecular weight is 444 g/mol. The van der Waals surface area contributed by atoms with Crippen LogP contribution in [0.1, 0.15) is 0 Å². The summed E-state index contributed by atoms with van der Waals surface area (Å²) < 4.78 is 32.2. The van der Waals surface area contributed by atoms with E-state index in [4.69, 9.17) is 14.2 Å². The summed E-state index contributed by atoms with van der Waals surface area (Å²) >= 11 is 0. The summed E-state index contributed by atoms with van der Waals surface area (Å²) in [6.45, 7) is 0. The van der Waals surface area contributed by atoms with Crippen molar-refractivity contribution in [3.8, 4) is 28.4 Å². The molecule has 0 spiro atoms. The third-order valence-corrected chi connectivity index (χ3v) is 8.63. The SMILES string of the molecule is COc1ccccc1[P@@](=O)(c1ccccc1)c1ccccc1-c1c(OC)cccc1OC. The number of hydrogen-bond donors (Lipinski definition) is 0. The van der Waals surface area contributed by atoms with Crippen LogP contribution in [0.4, 0.5) is 0 Å². The van der Waals surface area contributed by atoms with Crippen molar-refractivity contribution < 1.29 is 18.8 Å². The van der Waals surface area contributed by atoms with Gasteiger partial charge >= 0.3 is 0 Å². The summed E-state index contributed by atoms with van der Waals surface area (Å²) in [7, 11) is 1.52. The zero-order valence-corrected chi connectivity index (χ0v) is 19.2. The van der Waals surface area contributed by atoms with E-state index in [1.165, 1.54) is 0 Å². The molecule has 0 aromatic heterocycles. The maximum Gasteiger partial charge on any atom is 0.175 e. The summed E-state index contributed by atoms with van der Waals surface area (Å²) in [5.74, 6) is 1.88. The molecule has 0 bridgehead atoms. The molecular weight excluding hydrogens is 419 g/mol. The first kappa shape index (κ1) is 21.7. The van der Waals surface area contributed by atoms with E-state index in [-0.39, 0.29) is 0 Å². The number of hydrogen-bond acceptors (Lipinski definition) is 4. The standard InChI is InChI=1S/C27H25O4P/c1-29-22-15-8-10-19-26(22)32(28,20-12-5-4-6-13-20)25-18-9-7-14-21(25)27-23(30-2)16-11-17-24(27)31-3/h4-19H,1-3H3/t32-/m1/s1. The number of benzene rings is 4. The molecule has 32 heavy (non-hydrogen) atoms. The van der Waals surface area contributed by atoms with Crippen LogP contribution in [0.5, 0.6) is 17.2 Å². The Hall–Kier alpha value is -3.49. The van der Waals surface area contributed by atoms with Gasteiger partial charge in [0.25, 0.3) is 0 Å². The highest BCUT2D eigenvalue weighted by atomic mass is 31.2. The summed E-state index contributed by atoms with van der Waals surface area (Å²) in [6, 6.07) is 30.4. The van der Waals surface area contributed by atoms with E-state index in [1.54, 1.807) is 21.3 Å². The van der Waals surface area contributed by atoms with E-state index in [1.807, 2.05) is 97.1 Å². The van der Waals surface area contributed by atoms with Gasteiger partial charge in [-0.2, -0.15) is 0 Å². The second-order valence-corrected chi connectivity index (χ2v) is 9.87. The maximum absolute atomic E-state index is 15.2. The lowest BCUT2D eigenvalue weighted by Crippen LogP contribution is -2.27. The van der Waals surface area contributed by atoms with Gasteiger partial charge in [-0.15, -0.1) is 0 Å². The van der Waals surface area contributed by atoms with Gasteiger partial charge in [-0.25, -0.2) is 0 Å². The third-order valence-electron chi connectivity index (χ3n) is 5.48. The molecule has 0 aliphatic heterocycles. The Bertz CT molecular complexity index is 1250. The molecule has 0 unspecified atom stereocenters. The van der Waals surface area contributed by atoms with Gasteiger partial charge in [0, 0.05) is 16.2 Å². The molecule has 0 saturated carbocycles. The lowest BCUT2D eigenvalue weighted by atomic mass is 10.0. The van der Waals surface area contributed by atoms with E-state index in [9.17, 15) is 0 Å². The summed E-state index contributed by atoms with van der Waals surface area (Å²) in [6.07, 6.45) is 0. The van der Waals surface area contributed by atoms with Crippen molar-refractivity contribution in [1.29, 1.82) is 0 Å². The smallest absolute Gasteiger partial charge is 0.175 e. The van der Waals surface area contributed by atoms with Crippen molar-refractivity contribution >= 4 is 23.1 Å². The summed E-state index contributed by atoms with van der Waals surface area (Å²) in [5.41, 5.74) is 1.55. The quantitative estimate of drug-likeness (QED) is 0.376. The molecule has 162 valence electrons. The van der Waals surface area contributed by atoms with Crippen LogP contribution >= 0.6 is 7.14 Å². The molecule has 4 aromatic rings. The Labute approximate surface area is 188 Å². The van der Waals surface area contributed by atoms with E-state index in [2.05, 4.69) is 0 Å². The van der Waals surface area contributed by atoms with Crippen molar-refractivity contribution in [2.45, 2.75) is 0 Å². The van der Waals surface area contributed by atoms with Crippen LogP contribution in [0, 0.1) is 0 Å². The molecule has 0 N–H and O–H groups in total. The van der Waals surface area contributed by atoms with Gasteiger partial charge in [0.1, 0.15) is 17.2 Å². The monoisotopic (exact) mass is 444 g/mol. The van der Waals surface area contributed by atoms with Crippen molar-refractivity contribution in [2.75, 3.05) is 21.3 Å². The molecule has 0 saturated heterocycles. The van der Waals surface area contributed by atoms with Crippen molar-refractivity contribution in [3.05, 3.63) is 97.1 Å². The van der Waals surface area contributed by atoms with Gasteiger partial charge in [-0.05, 0) is 24.3 Å². The number of rotatable bonds is 7. The fraction of sp³-hybridized carbons (Fsp3) is 0.111. The highest BCUT2D eigenvalue weighted by molar-refractivity contribution is 7.85. The van der Waals surface area contributed by atoms with Gasteiger partial charge in [-0.1, -0.05) is 72.8 Å². The predicted molar refractivity (Wildman–Crippen MR) is 131 cm³/mol. The molecule has 0 heterocycles. The van der Waals surface area contributed by atoms with E-state index >= 15 is 4.57 Å². The number of methoxy groups -OCH3 is 3. The minimum Gasteiger partial charge on any atom is -0.496 e. The van der Waals surface area contributed by atoms with Gasteiger partial charge in [0.2, 0.25) is 0 Å². The molecular formula is C27H25O4P. The van der Waals surface area contributed by atoms with Crippen molar-refractivity contribution in [1.82, 2.24) is 0 Å². The first-order chi connectivity index (χ1) is 15.6. The Morgan fingerprint density at radius 2 is 1.03 bits per heavy atom. The fourth-order valence-corrected chi connectivity index (χ4v) is 7.01. The molecule has 0 amide bonds. The number of para-hydroxylation sites is 1. The third kappa shape index (κ3) is 3.68. The zero-order valence-electron chi connectivity index (χ0n) is 18.3. The molecule has 5 heteroatoms. The lowest BCUT2D eigenvalue weighted by Gasteiger charge is -2.25. The summed E-state index contributed by atoms with van der Waals surface area (Å²) in [5, 5.41) is 2.07. The zero-order chi connectivity index (χ0) is 22.6. The normalized spacial score (nSPS) is 12.6. The predicted octanol–water partition coefficient (Wildman–Crippen LogP) is 5.02. The first-order valence-electron chi connectivity index (χ1n) is 10.2. The van der Waals surface area contributed by atoms with E-state index in [0.717, 1.165) is 16.4 Å². The van der Waals surface area contributed by atoms with Crippen LogP contribution in [-0.2, 0) is 4.57 Å². The largest absolute Gasteiger partial charge is 0.496 e. The minimum atomic E-state index is -3.33. The molecule has 1 atom stereocenters. The lowest BCUT2D eigenvalue weighted by molar-refractivity contribution is 0.397. The van der Waals surface area contributed by atoms with Crippen LogP contribution < -0.4 is 30.1 Å². The maximum atomic E-state index is 15.2. The Kier molecular flexibility index (Phi) is 6.34. The van der Waals surface area contributed by atoms with Gasteiger partial charge < -0.3 is 18.8 Å². The van der Waals surface area contributed by atoms with Gasteiger partial charge in [0.05, 0.1) is 32.2 Å². The number of ether oxygens (including phenoxy) is 3. The van der Waals surface area contributed by atoms with Gasteiger partial charge in [-0.3, -0.25) is 0 Å². The fourth-order valence-electron chi connectivity index (χ4n) is 4.01. The van der Waals surface area contributed by atoms with Crippen LogP contribution in [-0.4, -0.2) is 21.3 Å². The van der Waals surface area contributed by atoms with Crippen LogP contribution in [0.25, 0.3) is 11.1 Å². The average Bonchev–Trinajstić information content (AvgIpc) is 2.88. The molecule has 0 aliphatic carbocycles. The second kappa shape index (κ2) is 9.33. The molecule has 4 aromatic carbocycles. The second-order valence-electron chi connectivity index (χ2n) is 7.17. The van der Waals surface area contributed by atoms with Crippen LogP contribution in [0.2, 0.25) is 0 Å². The highest BCUT2D eigenvalue weighted by Gasteiger charge is 2.35. The van der Waals surface area contributed by atoms with Gasteiger partial charge in [0.15, 0.2) is 7.14 Å². The highest BCUT2D eigenvalue weighted by Crippen LogP contribution is 2.49. The Morgan fingerprint density at radius 1 is 0.531 bits per heavy atom. The first-order valence-corrected chi connectivity index (χ1v) is 12.0. The molecule has 4 nitrogen and oxygen atoms in total. The topological polar surface area (TPSA) is 44.8 Å². The molecule has 0 fully saturated rings. The van der Waals surface area contributed by atoms with Crippen molar-refractivity contribution in [3.63, 3.8) is 0 Å². The van der Waals surface area contributed by atoms with Crippen molar-refractivity contribution in [2.24, 2.45) is 0 Å². The Morgan fingerprint density at radius 3 is 1.66 bits per heavy atom. The molecule has 0 aliphatic rings.